The molecule has 3 N–H and O–H groups in total. The molecule has 0 saturated heterocycles. The van der Waals surface area contributed by atoms with Crippen LogP contribution < -0.4 is 10.2 Å². The molecule has 0 aliphatic heterocycles. The smallest absolute Gasteiger partial charge is 2.00 e. The first-order valence-electron chi connectivity index (χ1n) is 30.2. The molecule has 15 rings (SSSR count). The predicted molar refractivity (Wildman–Crippen MR) is 385 cm³/mol. The Morgan fingerprint density at radius 2 is 0.896 bits per heavy atom. The number of halogens is 12. The van der Waals surface area contributed by atoms with Crippen molar-refractivity contribution < 1.29 is 119 Å². The maximum Gasteiger partial charge on any atom is 4.00 e. The number of aromatic nitrogens is 9. The van der Waals surface area contributed by atoms with E-state index < -0.39 is 39.8 Å². The number of thiazole rings is 2. The number of carbonyl (C=O) groups is 1. The normalized spacial score (nSPS) is 13.4. The summed E-state index contributed by atoms with van der Waals surface area (Å²) in [5, 5.41) is 51.5. The third kappa shape index (κ3) is 26.4. The van der Waals surface area contributed by atoms with Crippen molar-refractivity contribution in [1.29, 1.82) is 0 Å². The van der Waals surface area contributed by atoms with Crippen LogP contribution in [0.25, 0.3) is 96.4 Å². The second-order valence-electron chi connectivity index (χ2n) is 22.0. The number of nitrogens with zero attached hydrogens (tertiary/aromatic N) is 9. The minimum atomic E-state index is -10.7. The summed E-state index contributed by atoms with van der Waals surface area (Å²) in [7, 11) is -21.3. The Morgan fingerprint density at radius 3 is 1.33 bits per heavy atom. The number of thioether (sulfide) groups is 2. The Labute approximate surface area is 635 Å². The number of nitrogens with one attached hydrogen (secondary N) is 1. The van der Waals surface area contributed by atoms with Crippen LogP contribution in [0.2, 0.25) is 0 Å². The van der Waals surface area contributed by atoms with Crippen molar-refractivity contribution in [2.24, 2.45) is 4.99 Å². The first kappa shape index (κ1) is 84.6. The van der Waals surface area contributed by atoms with Gasteiger partial charge >= 0.3 is 104 Å². The van der Waals surface area contributed by atoms with E-state index in [-0.39, 0.29) is 55.7 Å². The predicted octanol–water partition coefficient (Wildman–Crippen LogP) is 19.9. The number of aliphatic hydroxyl groups excluding tert-OH is 2. The van der Waals surface area contributed by atoms with Gasteiger partial charge in [0.05, 0.1) is 78.1 Å². The number of aliphatic carboxylic acids is 1. The Kier molecular flexibility index (Phi) is 27.5. The number of aromatic amines is 1. The monoisotopic (exact) mass is 1700 g/mol. The number of para-hydroxylation sites is 4. The number of fused-ring (bicyclic) bond motifs is 9. The van der Waals surface area contributed by atoms with Gasteiger partial charge in [0.2, 0.25) is 0 Å². The summed E-state index contributed by atoms with van der Waals surface area (Å²) < 4.78 is 121. The van der Waals surface area contributed by atoms with Crippen LogP contribution in [0.3, 0.4) is 0 Å². The molecule has 1 radical (unpaired) electrons. The molecule has 0 fully saturated rings. The maximum absolute atomic E-state index is 11.6. The first-order chi connectivity index (χ1) is 48.6. The van der Waals surface area contributed by atoms with Crippen LogP contribution in [0.1, 0.15) is 11.1 Å². The van der Waals surface area contributed by atoms with Gasteiger partial charge in [-0.1, -0.05) is 103 Å². The average Bonchev–Trinajstić information content (AvgIpc) is 1.25. The number of carboxylic acid groups (broad SMARTS) is 1. The van der Waals surface area contributed by atoms with E-state index in [0.717, 1.165) is 102 Å². The molecule has 0 bridgehead atoms. The number of aliphatic hydroxyl groups is 2. The molecular weight excluding hydrogens is 1650 g/mol. The molecule has 549 valence electrons. The number of hydrogen-bond acceptors (Lipinski definition) is 18. The molecule has 0 spiro atoms. The van der Waals surface area contributed by atoms with Gasteiger partial charge in [0.1, 0.15) is 10.0 Å². The zero-order chi connectivity index (χ0) is 73.7. The van der Waals surface area contributed by atoms with Crippen molar-refractivity contribution >= 4 is 149 Å². The van der Waals surface area contributed by atoms with E-state index in [1.807, 2.05) is 146 Å². The zero-order valence-corrected chi connectivity index (χ0v) is 62.1. The number of rotatable bonds is 14. The quantitative estimate of drug-likeness (QED) is 0.0228. The second kappa shape index (κ2) is 34.5. The Balaban J connectivity index is 0.000000193. The van der Waals surface area contributed by atoms with Gasteiger partial charge in [0.15, 0.2) is 0 Å². The summed E-state index contributed by atoms with van der Waals surface area (Å²) in [6, 6.07) is 60.8. The Bertz CT molecular complexity index is 5160. The van der Waals surface area contributed by atoms with Crippen molar-refractivity contribution in [3.63, 3.8) is 0 Å². The number of carboxylic acids is 1. The van der Waals surface area contributed by atoms with Crippen LogP contribution in [-0.2, 0) is 54.7 Å². The average molecular weight is 1700 g/mol. The molecule has 16 nitrogen and oxygen atoms in total. The third-order valence-corrected chi connectivity index (χ3v) is 18.6. The topological polar surface area (TPSA) is 263 Å². The van der Waals surface area contributed by atoms with E-state index in [0.29, 0.717) is 17.1 Å². The second-order valence-corrected chi connectivity index (χ2v) is 30.0. The van der Waals surface area contributed by atoms with Gasteiger partial charge in [-0.15, -0.1) is 51.9 Å². The minimum Gasteiger partial charge on any atom is -2.00 e. The summed E-state index contributed by atoms with van der Waals surface area (Å²) >= 11 is 6.40. The van der Waals surface area contributed by atoms with Crippen LogP contribution in [0.4, 0.5) is 50.4 Å². The fraction of sp³-hybridized carbons (Fsp3) is 0.0857. The van der Waals surface area contributed by atoms with Crippen LogP contribution in [0.5, 0.6) is 5.75 Å². The summed E-state index contributed by atoms with van der Waals surface area (Å²) in [4.78, 5) is 56.2. The van der Waals surface area contributed by atoms with Gasteiger partial charge in [-0.25, -0.2) is 9.97 Å². The number of hydrogen-bond donors (Lipinski definition) is 3. The number of H-pyrrole nitrogens is 1. The van der Waals surface area contributed by atoms with Crippen molar-refractivity contribution in [3.8, 4) is 27.2 Å². The van der Waals surface area contributed by atoms with E-state index in [4.69, 9.17) is 0 Å². The number of benzene rings is 6. The molecule has 9 aromatic heterocycles. The SMILES string of the molecule is F[P-](F)(F)(F)(F)F.F[P-](F)(F)(F)(F)F.O=C([O-])C(Cc1c[nH]c2ccccc12)N=Cc1ccccc1[O-].OC(CSc1cc2cccnc2c2ncccc12)C(O)CSc1cc2cccnc2c2ncccc12.[O-2].[Ru+2].[V+4].c1ccc(-c2nc3ccccc3s2)nc1.c1ccc(-c2nc3ccccc3s2)nc1. The van der Waals surface area contributed by atoms with Crippen LogP contribution in [0.15, 0.2) is 252 Å². The van der Waals surface area contributed by atoms with Crippen LogP contribution in [-0.4, -0.2) is 97.0 Å². The van der Waals surface area contributed by atoms with E-state index in [2.05, 4.69) is 74.1 Å². The van der Waals surface area contributed by atoms with Crippen LogP contribution >= 0.6 is 61.8 Å². The van der Waals surface area contributed by atoms with E-state index in [1.165, 1.54) is 45.2 Å². The van der Waals surface area contributed by atoms with Crippen molar-refractivity contribution in [2.45, 2.75) is 34.5 Å². The molecule has 0 aliphatic carbocycles. The molecule has 36 heteroatoms. The summed E-state index contributed by atoms with van der Waals surface area (Å²) in [6.07, 6.45) is 12.2. The van der Waals surface area contributed by atoms with Gasteiger partial charge in [-0.05, 0) is 102 Å². The molecule has 3 atom stereocenters. The molecule has 6 aromatic carbocycles. The van der Waals surface area contributed by atoms with E-state index in [9.17, 15) is 75.6 Å². The first-order valence-corrected chi connectivity index (χ1v) is 37.9. The molecule has 9 heterocycles. The Hall–Kier alpha value is -8.67. The zero-order valence-electron chi connectivity index (χ0n) is 53.9. The number of pyridine rings is 6. The van der Waals surface area contributed by atoms with Gasteiger partial charge in [-0.3, -0.25) is 34.9 Å². The molecular formula is C70H52F12N10O6P2RuS4V. The van der Waals surface area contributed by atoms with Crippen LogP contribution in [0, 0.1) is 0 Å². The van der Waals surface area contributed by atoms with E-state index in [1.54, 1.807) is 84.3 Å². The fourth-order valence-electron chi connectivity index (χ4n) is 9.70. The Morgan fingerprint density at radius 1 is 0.509 bits per heavy atom. The van der Waals surface area contributed by atoms with E-state index >= 15 is 0 Å². The molecule has 0 aliphatic rings. The van der Waals surface area contributed by atoms with Crippen molar-refractivity contribution in [2.75, 3.05) is 11.5 Å². The summed E-state index contributed by atoms with van der Waals surface area (Å²) in [6.45, 7) is 0. The molecule has 0 saturated carbocycles. The van der Waals surface area contributed by atoms with Gasteiger partial charge in [0.25, 0.3) is 0 Å². The van der Waals surface area contributed by atoms with Gasteiger partial charge in [0, 0.05) is 110 Å². The molecule has 0 amide bonds. The number of aliphatic imine (C=N–C) groups is 1. The minimum absolute atomic E-state index is 0. The maximum atomic E-state index is 11.6. The van der Waals surface area contributed by atoms with Crippen molar-refractivity contribution in [1.82, 2.24) is 44.9 Å². The van der Waals surface area contributed by atoms with Gasteiger partial charge < -0.3 is 35.7 Å². The van der Waals surface area contributed by atoms with Crippen molar-refractivity contribution in [3.05, 3.63) is 249 Å². The molecule has 3 unspecified atom stereocenters. The van der Waals surface area contributed by atoms with Gasteiger partial charge in [-0.2, -0.15) is 0 Å². The molecule has 15 aromatic rings. The fourth-order valence-corrected chi connectivity index (χ4v) is 13.8. The summed E-state index contributed by atoms with van der Waals surface area (Å²) in [5.74, 6) is -0.738. The largest absolute Gasteiger partial charge is 4.00 e. The number of carbonyl (C=O) groups excluding carboxylic acids is 1. The standard InChI is InChI=1S/C28H22N4O2S2.C18H16N2O3.2C12H8N2S.2F6P.O.Ru.V/c33-21(15-35-23-13-17-5-1-9-29-25(17)27-19(23)7-3-11-31-27)22(34)16-36-24-14-18-6-2-10-30-26(18)28-20(24)8-4-12-32-28;21-17-8-4-1-5-12(17)10-20-16(18(22)23)9-13-11-19-15-7-3-2-6-14(13)15;2*1-2-7-11-9(5-1)14-12(15-11)10-6-3-4-8-13-10;2*1-7(2,3,4,5)6;;;/h1-14,21-22,33-34H,15-16H2;1-8,10-11,16,19,21H,9H2,(H,22,23);2*1-8H;;;;;/q;;;;2*-1;-2;+2;+4/p-2. The summed E-state index contributed by atoms with van der Waals surface area (Å²) in [5.41, 5.74) is 9.53. The molecule has 106 heavy (non-hydrogen) atoms. The third-order valence-electron chi connectivity index (χ3n) is 14.1.